The second-order valence-electron chi connectivity index (χ2n) is 4.16. The maximum Gasteiger partial charge on any atom is 0.257 e. The van der Waals surface area contributed by atoms with E-state index in [1.807, 2.05) is 4.90 Å². The van der Waals surface area contributed by atoms with Crippen LogP contribution >= 0.6 is 0 Å². The van der Waals surface area contributed by atoms with Crippen molar-refractivity contribution in [2.24, 2.45) is 0 Å². The normalized spacial score (nSPS) is 19.9. The van der Waals surface area contributed by atoms with E-state index in [4.69, 9.17) is 4.42 Å². The van der Waals surface area contributed by atoms with Crippen molar-refractivity contribution in [2.75, 3.05) is 19.6 Å². The molecule has 1 amide bonds. The van der Waals surface area contributed by atoms with Crippen molar-refractivity contribution in [1.29, 1.82) is 0 Å². The Morgan fingerprint density at radius 2 is 2.56 bits per heavy atom. The molecular weight excluding hydrogens is 204 g/mol. The Hall–Kier alpha value is -1.29. The molecule has 1 aromatic rings. The van der Waals surface area contributed by atoms with Gasteiger partial charge in [-0.15, -0.1) is 0 Å². The summed E-state index contributed by atoms with van der Waals surface area (Å²) >= 11 is 0. The molecule has 2 heterocycles. The van der Waals surface area contributed by atoms with Gasteiger partial charge in [-0.2, -0.15) is 0 Å². The number of nitrogens with one attached hydrogen (secondary N) is 1. The lowest BCUT2D eigenvalue weighted by molar-refractivity contribution is 0.0691. The summed E-state index contributed by atoms with van der Waals surface area (Å²) in [6, 6.07) is 2.07. The van der Waals surface area contributed by atoms with Crippen LogP contribution in [-0.4, -0.2) is 36.5 Å². The van der Waals surface area contributed by atoms with E-state index in [1.54, 1.807) is 12.3 Å². The van der Waals surface area contributed by atoms with Crippen LogP contribution in [0.25, 0.3) is 0 Å². The molecule has 4 heteroatoms. The summed E-state index contributed by atoms with van der Waals surface area (Å²) in [5.41, 5.74) is 0.653. The summed E-state index contributed by atoms with van der Waals surface area (Å²) in [5.74, 6) is 0.0873. The van der Waals surface area contributed by atoms with Crippen LogP contribution in [-0.2, 0) is 0 Å². The predicted octanol–water partition coefficient (Wildman–Crippen LogP) is 1.49. The SMILES string of the molecule is CCCN(C(=O)c1ccoc1)[C@H]1CCNC1. The minimum atomic E-state index is 0.0873. The molecule has 0 unspecified atom stereocenters. The van der Waals surface area contributed by atoms with Gasteiger partial charge in [0.2, 0.25) is 0 Å². The standard InChI is InChI=1S/C12H18N2O2/c1-2-6-14(11-3-5-13-8-11)12(15)10-4-7-16-9-10/h4,7,9,11,13H,2-3,5-6,8H2,1H3/t11-/m0/s1. The molecular formula is C12H18N2O2. The zero-order valence-corrected chi connectivity index (χ0v) is 9.61. The maximum absolute atomic E-state index is 12.2. The quantitative estimate of drug-likeness (QED) is 0.839. The Morgan fingerprint density at radius 3 is 3.12 bits per heavy atom. The molecule has 1 fully saturated rings. The topological polar surface area (TPSA) is 45.5 Å². The average Bonchev–Trinajstić information content (AvgIpc) is 2.96. The highest BCUT2D eigenvalue weighted by molar-refractivity contribution is 5.94. The van der Waals surface area contributed by atoms with Gasteiger partial charge in [-0.3, -0.25) is 4.79 Å². The van der Waals surface area contributed by atoms with Gasteiger partial charge >= 0.3 is 0 Å². The van der Waals surface area contributed by atoms with Crippen LogP contribution in [0.15, 0.2) is 23.0 Å². The first-order chi connectivity index (χ1) is 7.83. The number of carbonyl (C=O) groups excluding carboxylic acids is 1. The van der Waals surface area contributed by atoms with Gasteiger partial charge in [0.25, 0.3) is 5.91 Å². The zero-order chi connectivity index (χ0) is 11.4. The Balaban J connectivity index is 2.09. The number of carbonyl (C=O) groups is 1. The van der Waals surface area contributed by atoms with E-state index in [0.29, 0.717) is 11.6 Å². The molecule has 4 nitrogen and oxygen atoms in total. The molecule has 1 saturated heterocycles. The van der Waals surface area contributed by atoms with Crippen LogP contribution in [0.5, 0.6) is 0 Å². The van der Waals surface area contributed by atoms with Crippen molar-refractivity contribution >= 4 is 5.91 Å². The van der Waals surface area contributed by atoms with E-state index in [-0.39, 0.29) is 5.91 Å². The number of nitrogens with zero attached hydrogens (tertiary/aromatic N) is 1. The lowest BCUT2D eigenvalue weighted by atomic mass is 10.1. The van der Waals surface area contributed by atoms with Crippen LogP contribution in [0.4, 0.5) is 0 Å². The molecule has 1 aliphatic heterocycles. The minimum absolute atomic E-state index is 0.0873. The first kappa shape index (κ1) is 11.2. The van der Waals surface area contributed by atoms with Crippen LogP contribution in [0.2, 0.25) is 0 Å². The van der Waals surface area contributed by atoms with E-state index < -0.39 is 0 Å². The van der Waals surface area contributed by atoms with Gasteiger partial charge in [0.05, 0.1) is 11.8 Å². The molecule has 1 aliphatic rings. The van der Waals surface area contributed by atoms with Crippen LogP contribution < -0.4 is 5.32 Å². The molecule has 16 heavy (non-hydrogen) atoms. The highest BCUT2D eigenvalue weighted by atomic mass is 16.3. The minimum Gasteiger partial charge on any atom is -0.472 e. The van der Waals surface area contributed by atoms with E-state index in [0.717, 1.165) is 32.5 Å². The lowest BCUT2D eigenvalue weighted by Gasteiger charge is -2.27. The fourth-order valence-corrected chi connectivity index (χ4v) is 2.15. The van der Waals surface area contributed by atoms with Gasteiger partial charge in [0, 0.05) is 19.1 Å². The second kappa shape index (κ2) is 5.16. The highest BCUT2D eigenvalue weighted by Gasteiger charge is 2.26. The molecule has 2 rings (SSSR count). The van der Waals surface area contributed by atoms with Crippen molar-refractivity contribution in [3.63, 3.8) is 0 Å². The van der Waals surface area contributed by atoms with Crippen LogP contribution in [0, 0.1) is 0 Å². The van der Waals surface area contributed by atoms with Crippen molar-refractivity contribution < 1.29 is 9.21 Å². The maximum atomic E-state index is 12.2. The molecule has 0 aromatic carbocycles. The summed E-state index contributed by atoms with van der Waals surface area (Å²) in [4.78, 5) is 14.2. The largest absolute Gasteiger partial charge is 0.472 e. The predicted molar refractivity (Wildman–Crippen MR) is 61.3 cm³/mol. The van der Waals surface area contributed by atoms with E-state index in [9.17, 15) is 4.79 Å². The monoisotopic (exact) mass is 222 g/mol. The molecule has 1 aromatic heterocycles. The number of rotatable bonds is 4. The highest BCUT2D eigenvalue weighted by Crippen LogP contribution is 2.14. The van der Waals surface area contributed by atoms with Gasteiger partial charge in [-0.25, -0.2) is 0 Å². The third kappa shape index (κ3) is 2.27. The number of furan rings is 1. The molecule has 0 aliphatic carbocycles. The molecule has 0 saturated carbocycles. The molecule has 0 radical (unpaired) electrons. The average molecular weight is 222 g/mol. The number of hydrogen-bond donors (Lipinski definition) is 1. The first-order valence-electron chi connectivity index (χ1n) is 5.86. The van der Waals surface area contributed by atoms with E-state index in [1.165, 1.54) is 6.26 Å². The van der Waals surface area contributed by atoms with Gasteiger partial charge in [-0.05, 0) is 25.5 Å². The zero-order valence-electron chi connectivity index (χ0n) is 9.61. The van der Waals surface area contributed by atoms with Crippen molar-refractivity contribution in [3.05, 3.63) is 24.2 Å². The Bertz CT molecular complexity index is 329. The number of hydrogen-bond acceptors (Lipinski definition) is 3. The van der Waals surface area contributed by atoms with Crippen molar-refractivity contribution in [2.45, 2.75) is 25.8 Å². The van der Waals surface area contributed by atoms with E-state index >= 15 is 0 Å². The summed E-state index contributed by atoms with van der Waals surface area (Å²) in [5, 5.41) is 3.29. The van der Waals surface area contributed by atoms with Gasteiger partial charge in [-0.1, -0.05) is 6.92 Å². The first-order valence-corrected chi connectivity index (χ1v) is 5.86. The summed E-state index contributed by atoms with van der Waals surface area (Å²) < 4.78 is 4.96. The van der Waals surface area contributed by atoms with Crippen molar-refractivity contribution in [1.82, 2.24) is 10.2 Å². The van der Waals surface area contributed by atoms with Crippen molar-refractivity contribution in [3.8, 4) is 0 Å². The fraction of sp³-hybridized carbons (Fsp3) is 0.583. The van der Waals surface area contributed by atoms with E-state index in [2.05, 4.69) is 12.2 Å². The Morgan fingerprint density at radius 1 is 1.69 bits per heavy atom. The van der Waals surface area contributed by atoms with Crippen LogP contribution in [0.1, 0.15) is 30.1 Å². The molecule has 88 valence electrons. The van der Waals surface area contributed by atoms with Gasteiger partial charge in [0.15, 0.2) is 0 Å². The van der Waals surface area contributed by atoms with Crippen LogP contribution in [0.3, 0.4) is 0 Å². The molecule has 1 N–H and O–H groups in total. The number of amides is 1. The lowest BCUT2D eigenvalue weighted by Crippen LogP contribution is -2.41. The Kier molecular flexibility index (Phi) is 3.62. The Labute approximate surface area is 95.6 Å². The third-order valence-corrected chi connectivity index (χ3v) is 2.97. The summed E-state index contributed by atoms with van der Waals surface area (Å²) in [7, 11) is 0. The molecule has 0 spiro atoms. The molecule has 0 bridgehead atoms. The summed E-state index contributed by atoms with van der Waals surface area (Å²) in [6.07, 6.45) is 5.10. The van der Waals surface area contributed by atoms with Gasteiger partial charge in [0.1, 0.15) is 6.26 Å². The third-order valence-electron chi connectivity index (χ3n) is 2.97. The second-order valence-corrected chi connectivity index (χ2v) is 4.16. The van der Waals surface area contributed by atoms with Gasteiger partial charge < -0.3 is 14.6 Å². The smallest absolute Gasteiger partial charge is 0.257 e. The summed E-state index contributed by atoms with van der Waals surface area (Å²) in [6.45, 7) is 4.82. The molecule has 1 atom stereocenters. The fourth-order valence-electron chi connectivity index (χ4n) is 2.15.